The molecule has 2 atom stereocenters. The normalized spacial score (nSPS) is 14.6. The topological polar surface area (TPSA) is 173 Å². The molecule has 0 aliphatic carbocycles. The van der Waals surface area contributed by atoms with Gasteiger partial charge in [0.2, 0.25) is 5.95 Å². The fourth-order valence-corrected chi connectivity index (χ4v) is 1.70. The zero-order valence-corrected chi connectivity index (χ0v) is 10.5. The van der Waals surface area contributed by atoms with Gasteiger partial charge in [0.1, 0.15) is 11.6 Å². The van der Waals surface area contributed by atoms with Crippen LogP contribution in [-0.4, -0.2) is 60.8 Å². The van der Waals surface area contributed by atoms with Crippen molar-refractivity contribution in [3.05, 3.63) is 16.0 Å². The van der Waals surface area contributed by atoms with E-state index in [9.17, 15) is 15.0 Å². The molecule has 20 heavy (non-hydrogen) atoms. The van der Waals surface area contributed by atoms with Crippen LogP contribution in [0.5, 0.6) is 0 Å². The minimum Gasteiger partial charge on any atom is -0.394 e. The number of rotatable bonds is 6. The molecule has 0 aliphatic heterocycles. The maximum Gasteiger partial charge on any atom is 0.280 e. The molecule has 0 aliphatic rings. The van der Waals surface area contributed by atoms with Gasteiger partial charge in [0.15, 0.2) is 5.52 Å². The molecule has 0 aromatic carbocycles. The number of aromatic amines is 2. The molecule has 0 saturated carbocycles. The number of aliphatic hydroxyl groups excluding tert-OH is 3. The Morgan fingerprint density at radius 2 is 2.05 bits per heavy atom. The fourth-order valence-electron chi connectivity index (χ4n) is 1.70. The third-order valence-corrected chi connectivity index (χ3v) is 2.79. The number of aliphatic hydroxyl groups is 3. The minimum atomic E-state index is -1.21. The highest BCUT2D eigenvalue weighted by atomic mass is 16.4. The van der Waals surface area contributed by atoms with Crippen LogP contribution in [0.4, 0.5) is 5.95 Å². The standard InChI is InChI=1S/C10H16N6O4/c11-10-13-7-4(15-16-8(7)9(20)14-10)1-12-2-5(18)6(19)3-17/h5-6,12,17-19H,1-3H2,(H,15,16)(H3,11,13,14,20). The smallest absolute Gasteiger partial charge is 0.280 e. The van der Waals surface area contributed by atoms with E-state index in [1.54, 1.807) is 0 Å². The largest absolute Gasteiger partial charge is 0.394 e. The van der Waals surface area contributed by atoms with Crippen molar-refractivity contribution in [2.75, 3.05) is 18.9 Å². The summed E-state index contributed by atoms with van der Waals surface area (Å²) in [5.41, 5.74) is 6.04. The molecule has 110 valence electrons. The number of nitrogens with two attached hydrogens (primary N) is 1. The number of nitrogen functional groups attached to an aromatic ring is 1. The van der Waals surface area contributed by atoms with Crippen LogP contribution >= 0.6 is 0 Å². The third kappa shape index (κ3) is 2.93. The molecule has 2 unspecified atom stereocenters. The van der Waals surface area contributed by atoms with Crippen LogP contribution < -0.4 is 16.6 Å². The van der Waals surface area contributed by atoms with Gasteiger partial charge in [-0.1, -0.05) is 0 Å². The molecule has 10 nitrogen and oxygen atoms in total. The zero-order chi connectivity index (χ0) is 14.7. The minimum absolute atomic E-state index is 0.0131. The first-order valence-electron chi connectivity index (χ1n) is 5.93. The van der Waals surface area contributed by atoms with Crippen molar-refractivity contribution >= 4 is 17.0 Å². The van der Waals surface area contributed by atoms with Crippen LogP contribution in [0.2, 0.25) is 0 Å². The third-order valence-electron chi connectivity index (χ3n) is 2.79. The summed E-state index contributed by atoms with van der Waals surface area (Å²) < 4.78 is 0. The van der Waals surface area contributed by atoms with Crippen LogP contribution in [0.25, 0.3) is 11.0 Å². The Labute approximate surface area is 112 Å². The summed E-state index contributed by atoms with van der Waals surface area (Å²) in [5, 5.41) is 36.7. The summed E-state index contributed by atoms with van der Waals surface area (Å²) in [6.45, 7) is -0.230. The Morgan fingerprint density at radius 3 is 2.75 bits per heavy atom. The Morgan fingerprint density at radius 1 is 1.30 bits per heavy atom. The summed E-state index contributed by atoms with van der Waals surface area (Å²) in [5.74, 6) is -0.0131. The number of fused-ring (bicyclic) bond motifs is 1. The molecular weight excluding hydrogens is 268 g/mol. The molecule has 0 radical (unpaired) electrons. The van der Waals surface area contributed by atoms with Gasteiger partial charge in [0, 0.05) is 13.1 Å². The Bertz CT molecular complexity index is 638. The van der Waals surface area contributed by atoms with Crippen molar-refractivity contribution in [1.29, 1.82) is 0 Å². The van der Waals surface area contributed by atoms with Crippen molar-refractivity contribution in [3.8, 4) is 0 Å². The first kappa shape index (κ1) is 14.4. The van der Waals surface area contributed by atoms with Crippen LogP contribution in [0.15, 0.2) is 4.79 Å². The van der Waals surface area contributed by atoms with E-state index in [-0.39, 0.29) is 24.6 Å². The number of hydrogen-bond acceptors (Lipinski definition) is 8. The van der Waals surface area contributed by atoms with Crippen LogP contribution in [0.3, 0.4) is 0 Å². The van der Waals surface area contributed by atoms with Gasteiger partial charge in [-0.15, -0.1) is 0 Å². The van der Waals surface area contributed by atoms with Gasteiger partial charge in [-0.3, -0.25) is 14.9 Å². The number of anilines is 1. The Kier molecular flexibility index (Phi) is 4.29. The van der Waals surface area contributed by atoms with Gasteiger partial charge < -0.3 is 26.4 Å². The zero-order valence-electron chi connectivity index (χ0n) is 10.5. The van der Waals surface area contributed by atoms with Gasteiger partial charge in [0.05, 0.1) is 18.4 Å². The number of aromatic nitrogens is 4. The summed E-state index contributed by atoms with van der Waals surface area (Å²) in [7, 11) is 0. The van der Waals surface area contributed by atoms with E-state index in [0.717, 1.165) is 0 Å². The lowest BCUT2D eigenvalue weighted by Crippen LogP contribution is -2.38. The van der Waals surface area contributed by atoms with Crippen molar-refractivity contribution in [3.63, 3.8) is 0 Å². The monoisotopic (exact) mass is 284 g/mol. The number of hydrogen-bond donors (Lipinski definition) is 7. The first-order valence-corrected chi connectivity index (χ1v) is 5.93. The number of H-pyrrole nitrogens is 2. The fraction of sp³-hybridized carbons (Fsp3) is 0.500. The Balaban J connectivity index is 2.06. The van der Waals surface area contributed by atoms with E-state index in [0.29, 0.717) is 11.2 Å². The molecule has 0 spiro atoms. The molecule has 0 fully saturated rings. The average molecular weight is 284 g/mol. The molecule has 0 amide bonds. The van der Waals surface area contributed by atoms with E-state index < -0.39 is 24.4 Å². The van der Waals surface area contributed by atoms with E-state index >= 15 is 0 Å². The van der Waals surface area contributed by atoms with Crippen LogP contribution in [0, 0.1) is 0 Å². The van der Waals surface area contributed by atoms with Gasteiger partial charge >= 0.3 is 0 Å². The van der Waals surface area contributed by atoms with E-state index in [2.05, 4.69) is 25.5 Å². The molecule has 2 rings (SSSR count). The quantitative estimate of drug-likeness (QED) is 0.294. The SMILES string of the molecule is Nc1nc2c(CNCC(O)C(O)CO)[nH]nc2c(=O)[nH]1. The summed E-state index contributed by atoms with van der Waals surface area (Å²) >= 11 is 0. The summed E-state index contributed by atoms with van der Waals surface area (Å²) in [4.78, 5) is 17.9. The van der Waals surface area contributed by atoms with Gasteiger partial charge in [0.25, 0.3) is 5.56 Å². The van der Waals surface area contributed by atoms with Crippen molar-refractivity contribution in [2.24, 2.45) is 0 Å². The summed E-state index contributed by atoms with van der Waals surface area (Å²) in [6.07, 6.45) is -2.31. The average Bonchev–Trinajstić information content (AvgIpc) is 2.81. The highest BCUT2D eigenvalue weighted by Crippen LogP contribution is 2.09. The van der Waals surface area contributed by atoms with E-state index in [1.807, 2.05) is 0 Å². The first-order chi connectivity index (χ1) is 9.52. The molecule has 8 N–H and O–H groups in total. The number of nitrogens with one attached hydrogen (secondary N) is 3. The highest BCUT2D eigenvalue weighted by molar-refractivity contribution is 5.76. The van der Waals surface area contributed by atoms with Gasteiger partial charge in [-0.05, 0) is 0 Å². The second-order valence-electron chi connectivity index (χ2n) is 4.30. The second-order valence-corrected chi connectivity index (χ2v) is 4.30. The molecule has 10 heteroatoms. The predicted molar refractivity (Wildman–Crippen MR) is 69.7 cm³/mol. The van der Waals surface area contributed by atoms with Crippen molar-refractivity contribution in [1.82, 2.24) is 25.5 Å². The van der Waals surface area contributed by atoms with Crippen molar-refractivity contribution in [2.45, 2.75) is 18.8 Å². The molecule has 0 bridgehead atoms. The highest BCUT2D eigenvalue weighted by Gasteiger charge is 2.15. The molecule has 0 saturated heterocycles. The lowest BCUT2D eigenvalue weighted by Gasteiger charge is -2.15. The predicted octanol–water partition coefficient (Wildman–Crippen LogP) is -2.97. The van der Waals surface area contributed by atoms with E-state index in [4.69, 9.17) is 10.8 Å². The van der Waals surface area contributed by atoms with Crippen LogP contribution in [-0.2, 0) is 6.54 Å². The second kappa shape index (κ2) is 5.96. The van der Waals surface area contributed by atoms with Crippen molar-refractivity contribution < 1.29 is 15.3 Å². The van der Waals surface area contributed by atoms with E-state index in [1.165, 1.54) is 0 Å². The van der Waals surface area contributed by atoms with Crippen LogP contribution in [0.1, 0.15) is 5.69 Å². The molecule has 2 aromatic heterocycles. The maximum atomic E-state index is 11.5. The molecule has 2 aromatic rings. The lowest BCUT2D eigenvalue weighted by molar-refractivity contribution is -0.0130. The lowest BCUT2D eigenvalue weighted by atomic mass is 10.2. The molecule has 2 heterocycles. The maximum absolute atomic E-state index is 11.5. The number of nitrogens with zero attached hydrogens (tertiary/aromatic N) is 2. The molecular formula is C10H16N6O4. The van der Waals surface area contributed by atoms with Gasteiger partial charge in [-0.25, -0.2) is 4.98 Å². The van der Waals surface area contributed by atoms with Gasteiger partial charge in [-0.2, -0.15) is 5.10 Å². The summed E-state index contributed by atoms with van der Waals surface area (Å²) in [6, 6.07) is 0. The Hall–Kier alpha value is -2.01.